The molecule has 0 aliphatic carbocycles. The number of esters is 2. The van der Waals surface area contributed by atoms with Crippen LogP contribution in [0.3, 0.4) is 0 Å². The summed E-state index contributed by atoms with van der Waals surface area (Å²) in [7, 11) is 0. The first-order valence-corrected chi connectivity index (χ1v) is 5.02. The van der Waals surface area contributed by atoms with Crippen molar-refractivity contribution in [1.82, 2.24) is 0 Å². The van der Waals surface area contributed by atoms with Crippen LogP contribution in [0.1, 0.15) is 39.5 Å². The summed E-state index contributed by atoms with van der Waals surface area (Å²) in [6.07, 6.45) is 2.08. The Bertz CT molecular complexity index is 177. The van der Waals surface area contributed by atoms with E-state index < -0.39 is 0 Å². The lowest BCUT2D eigenvalue weighted by Crippen LogP contribution is -2.10. The molecule has 0 aromatic carbocycles. The Hall–Kier alpha value is -1.06. The van der Waals surface area contributed by atoms with Crippen molar-refractivity contribution in [1.29, 1.82) is 0 Å². The number of hydrogen-bond acceptors (Lipinski definition) is 4. The number of carbonyl (C=O) groups is 2. The summed E-state index contributed by atoms with van der Waals surface area (Å²) in [5, 5.41) is 0. The molecule has 4 heteroatoms. The SMILES string of the molecule is CCCCOC(=O)CCC(=O)OCC. The van der Waals surface area contributed by atoms with E-state index in [0.29, 0.717) is 13.2 Å². The number of carbonyl (C=O) groups excluding carboxylic acids is 2. The zero-order valence-electron chi connectivity index (χ0n) is 8.88. The first-order valence-electron chi connectivity index (χ1n) is 5.02. The van der Waals surface area contributed by atoms with Gasteiger partial charge >= 0.3 is 11.9 Å². The van der Waals surface area contributed by atoms with Crippen molar-refractivity contribution in [3.8, 4) is 0 Å². The van der Waals surface area contributed by atoms with E-state index >= 15 is 0 Å². The van der Waals surface area contributed by atoms with Crippen molar-refractivity contribution in [2.45, 2.75) is 39.5 Å². The quantitative estimate of drug-likeness (QED) is 0.465. The van der Waals surface area contributed by atoms with Gasteiger partial charge in [-0.25, -0.2) is 0 Å². The van der Waals surface area contributed by atoms with Crippen LogP contribution < -0.4 is 0 Å². The van der Waals surface area contributed by atoms with Gasteiger partial charge in [-0.3, -0.25) is 9.59 Å². The normalized spacial score (nSPS) is 9.57. The summed E-state index contributed by atoms with van der Waals surface area (Å²) in [6.45, 7) is 4.55. The minimum atomic E-state index is -0.347. The smallest absolute Gasteiger partial charge is 0.306 e. The molecule has 0 amide bonds. The highest BCUT2D eigenvalue weighted by molar-refractivity contribution is 5.77. The molecular formula is C10H18O4. The van der Waals surface area contributed by atoms with Gasteiger partial charge in [0.2, 0.25) is 0 Å². The average molecular weight is 202 g/mol. The van der Waals surface area contributed by atoms with Crippen LogP contribution >= 0.6 is 0 Å². The van der Waals surface area contributed by atoms with Crippen LogP contribution in [0.25, 0.3) is 0 Å². The second-order valence-corrected chi connectivity index (χ2v) is 2.88. The molecule has 0 heterocycles. The van der Waals surface area contributed by atoms with E-state index in [0.717, 1.165) is 12.8 Å². The van der Waals surface area contributed by atoms with Crippen LogP contribution in [-0.4, -0.2) is 25.2 Å². The van der Waals surface area contributed by atoms with Crippen molar-refractivity contribution in [2.75, 3.05) is 13.2 Å². The van der Waals surface area contributed by atoms with E-state index in [1.54, 1.807) is 6.92 Å². The number of ether oxygens (including phenoxy) is 2. The summed E-state index contributed by atoms with van der Waals surface area (Å²) in [4.78, 5) is 21.8. The summed E-state index contributed by atoms with van der Waals surface area (Å²) < 4.78 is 9.54. The van der Waals surface area contributed by atoms with E-state index in [4.69, 9.17) is 4.74 Å². The van der Waals surface area contributed by atoms with Crippen molar-refractivity contribution < 1.29 is 19.1 Å². The van der Waals surface area contributed by atoms with E-state index in [1.807, 2.05) is 6.92 Å². The zero-order valence-corrected chi connectivity index (χ0v) is 8.88. The third kappa shape index (κ3) is 7.58. The Morgan fingerprint density at radius 3 is 2.07 bits per heavy atom. The van der Waals surface area contributed by atoms with Gasteiger partial charge in [-0.15, -0.1) is 0 Å². The Balaban J connectivity index is 3.39. The molecule has 0 saturated carbocycles. The lowest BCUT2D eigenvalue weighted by Gasteiger charge is -2.03. The summed E-state index contributed by atoms with van der Waals surface area (Å²) in [6, 6.07) is 0. The molecule has 0 N–H and O–H groups in total. The molecule has 0 aliphatic heterocycles. The predicted molar refractivity (Wildman–Crippen MR) is 51.7 cm³/mol. The highest BCUT2D eigenvalue weighted by Gasteiger charge is 2.07. The Morgan fingerprint density at radius 2 is 1.57 bits per heavy atom. The fraction of sp³-hybridized carbons (Fsp3) is 0.800. The van der Waals surface area contributed by atoms with Crippen LogP contribution in [0, 0.1) is 0 Å². The summed E-state index contributed by atoms with van der Waals surface area (Å²) >= 11 is 0. The summed E-state index contributed by atoms with van der Waals surface area (Å²) in [5.74, 6) is -0.675. The molecule has 0 spiro atoms. The molecule has 0 aliphatic rings. The van der Waals surface area contributed by atoms with Crippen LogP contribution in [0.15, 0.2) is 0 Å². The van der Waals surface area contributed by atoms with Gasteiger partial charge in [-0.1, -0.05) is 13.3 Å². The molecule has 0 aromatic heterocycles. The highest BCUT2D eigenvalue weighted by Crippen LogP contribution is 1.97. The van der Waals surface area contributed by atoms with Crippen molar-refractivity contribution in [3.05, 3.63) is 0 Å². The van der Waals surface area contributed by atoms with Gasteiger partial charge in [-0.05, 0) is 13.3 Å². The van der Waals surface area contributed by atoms with Gasteiger partial charge in [0.05, 0.1) is 26.1 Å². The summed E-state index contributed by atoms with van der Waals surface area (Å²) in [5.41, 5.74) is 0. The van der Waals surface area contributed by atoms with Crippen LogP contribution in [0.2, 0.25) is 0 Å². The van der Waals surface area contributed by atoms with Gasteiger partial charge in [0.25, 0.3) is 0 Å². The number of hydrogen-bond donors (Lipinski definition) is 0. The van der Waals surface area contributed by atoms with Gasteiger partial charge < -0.3 is 9.47 Å². The molecule has 0 rings (SSSR count). The maximum atomic E-state index is 11.0. The molecule has 82 valence electrons. The molecule has 0 unspecified atom stereocenters. The van der Waals surface area contributed by atoms with Crippen LogP contribution in [-0.2, 0) is 19.1 Å². The highest BCUT2D eigenvalue weighted by atomic mass is 16.5. The van der Waals surface area contributed by atoms with E-state index in [2.05, 4.69) is 4.74 Å². The number of rotatable bonds is 7. The van der Waals surface area contributed by atoms with Gasteiger partial charge in [-0.2, -0.15) is 0 Å². The molecular weight excluding hydrogens is 184 g/mol. The van der Waals surface area contributed by atoms with Gasteiger partial charge in [0.15, 0.2) is 0 Å². The first kappa shape index (κ1) is 12.9. The molecule has 0 atom stereocenters. The fourth-order valence-electron chi connectivity index (χ4n) is 0.840. The maximum absolute atomic E-state index is 11.0. The van der Waals surface area contributed by atoms with Crippen LogP contribution in [0.4, 0.5) is 0 Å². The minimum Gasteiger partial charge on any atom is -0.466 e. The van der Waals surface area contributed by atoms with Gasteiger partial charge in [0, 0.05) is 0 Å². The van der Waals surface area contributed by atoms with Crippen molar-refractivity contribution >= 4 is 11.9 Å². The molecule has 0 fully saturated rings. The van der Waals surface area contributed by atoms with Crippen LogP contribution in [0.5, 0.6) is 0 Å². The molecule has 0 aromatic rings. The molecule has 4 nitrogen and oxygen atoms in total. The van der Waals surface area contributed by atoms with E-state index in [1.165, 1.54) is 0 Å². The monoisotopic (exact) mass is 202 g/mol. The van der Waals surface area contributed by atoms with Crippen molar-refractivity contribution in [3.63, 3.8) is 0 Å². The first-order chi connectivity index (χ1) is 6.70. The Morgan fingerprint density at radius 1 is 1.00 bits per heavy atom. The van der Waals surface area contributed by atoms with Gasteiger partial charge in [0.1, 0.15) is 0 Å². The second-order valence-electron chi connectivity index (χ2n) is 2.88. The van der Waals surface area contributed by atoms with E-state index in [-0.39, 0.29) is 24.8 Å². The predicted octanol–water partition coefficient (Wildman–Crippen LogP) is 1.67. The standard InChI is InChI=1S/C10H18O4/c1-3-5-8-14-10(12)7-6-9(11)13-4-2/h3-8H2,1-2H3. The van der Waals surface area contributed by atoms with E-state index in [9.17, 15) is 9.59 Å². The fourth-order valence-corrected chi connectivity index (χ4v) is 0.840. The lowest BCUT2D eigenvalue weighted by atomic mass is 10.3. The molecule has 0 radical (unpaired) electrons. The van der Waals surface area contributed by atoms with Crippen molar-refractivity contribution in [2.24, 2.45) is 0 Å². The minimum absolute atomic E-state index is 0.110. The topological polar surface area (TPSA) is 52.6 Å². The largest absolute Gasteiger partial charge is 0.466 e. The Kier molecular flexibility index (Phi) is 7.89. The lowest BCUT2D eigenvalue weighted by molar-refractivity contribution is -0.150. The second kappa shape index (κ2) is 8.53. The number of unbranched alkanes of at least 4 members (excludes halogenated alkanes) is 1. The average Bonchev–Trinajstić information content (AvgIpc) is 2.16. The molecule has 14 heavy (non-hydrogen) atoms. The molecule has 0 saturated heterocycles. The maximum Gasteiger partial charge on any atom is 0.306 e. The third-order valence-corrected chi connectivity index (χ3v) is 1.60. The zero-order chi connectivity index (χ0) is 10.8. The third-order valence-electron chi connectivity index (χ3n) is 1.60. The molecule has 0 bridgehead atoms. The Labute approximate surface area is 84.6 Å².